The van der Waals surface area contributed by atoms with Gasteiger partial charge in [0.2, 0.25) is 5.91 Å². The van der Waals surface area contributed by atoms with Gasteiger partial charge in [-0.3, -0.25) is 14.5 Å². The lowest BCUT2D eigenvalue weighted by Crippen LogP contribution is -2.31. The maximum Gasteiger partial charge on any atom is 0.225 e. The van der Waals surface area contributed by atoms with E-state index in [1.165, 1.54) is 11.1 Å². The zero-order valence-corrected chi connectivity index (χ0v) is 14.5. The Morgan fingerprint density at radius 1 is 1.16 bits per heavy atom. The molecule has 1 aromatic carbocycles. The van der Waals surface area contributed by atoms with E-state index in [0.717, 1.165) is 11.3 Å². The summed E-state index contributed by atoms with van der Waals surface area (Å²) in [5.41, 5.74) is 4.15. The first-order chi connectivity index (χ1) is 12.1. The molecule has 2 heterocycles. The largest absolute Gasteiger partial charge is 0.347 e. The fraction of sp³-hybridized carbons (Fsp3) is 0.250. The van der Waals surface area contributed by atoms with Crippen LogP contribution >= 0.6 is 0 Å². The monoisotopic (exact) mass is 334 g/mol. The molecule has 25 heavy (non-hydrogen) atoms. The summed E-state index contributed by atoms with van der Waals surface area (Å²) >= 11 is 0. The maximum atomic E-state index is 12.5. The van der Waals surface area contributed by atoms with E-state index in [0.29, 0.717) is 12.8 Å². The van der Waals surface area contributed by atoms with Crippen LogP contribution in [0.15, 0.2) is 61.1 Å². The van der Waals surface area contributed by atoms with Crippen LogP contribution in [0, 0.1) is 6.92 Å². The smallest absolute Gasteiger partial charge is 0.225 e. The summed E-state index contributed by atoms with van der Waals surface area (Å²) in [6, 6.07) is 14.0. The number of carbonyl (C=O) groups is 1. The highest BCUT2D eigenvalue weighted by molar-refractivity contribution is 5.78. The minimum Gasteiger partial charge on any atom is -0.347 e. The average molecular weight is 334 g/mol. The normalized spacial score (nSPS) is 11.9. The molecule has 2 aromatic heterocycles. The quantitative estimate of drug-likeness (QED) is 0.754. The van der Waals surface area contributed by atoms with Crippen LogP contribution in [-0.4, -0.2) is 20.7 Å². The van der Waals surface area contributed by atoms with Crippen LogP contribution in [0.2, 0.25) is 0 Å². The molecule has 1 atom stereocenters. The summed E-state index contributed by atoms with van der Waals surface area (Å²) in [7, 11) is 1.84. The van der Waals surface area contributed by atoms with Gasteiger partial charge in [-0.15, -0.1) is 0 Å². The Hall–Kier alpha value is -2.95. The minimum atomic E-state index is -0.159. The Bertz CT molecular complexity index is 824. The zero-order valence-electron chi connectivity index (χ0n) is 14.5. The molecule has 128 valence electrons. The summed E-state index contributed by atoms with van der Waals surface area (Å²) in [6.45, 7) is 2.07. The SMILES string of the molecule is Cc1ccc(C[C@@H](NC(=O)Cc2cnn(C)c2)c2ccccn2)cc1. The average Bonchev–Trinajstić information content (AvgIpc) is 3.01. The molecule has 0 saturated heterocycles. The highest BCUT2D eigenvalue weighted by Crippen LogP contribution is 2.17. The summed E-state index contributed by atoms with van der Waals surface area (Å²) in [5, 5.41) is 7.22. The van der Waals surface area contributed by atoms with Gasteiger partial charge in [0.1, 0.15) is 0 Å². The number of rotatable bonds is 6. The van der Waals surface area contributed by atoms with E-state index >= 15 is 0 Å². The number of aryl methyl sites for hydroxylation is 2. The molecule has 0 saturated carbocycles. The second-order valence-electron chi connectivity index (χ2n) is 6.26. The van der Waals surface area contributed by atoms with Crippen molar-refractivity contribution in [1.29, 1.82) is 0 Å². The van der Waals surface area contributed by atoms with Crippen molar-refractivity contribution in [2.75, 3.05) is 0 Å². The molecule has 0 unspecified atom stereocenters. The van der Waals surface area contributed by atoms with Gasteiger partial charge in [-0.1, -0.05) is 35.9 Å². The Kier molecular flexibility index (Phi) is 5.23. The first kappa shape index (κ1) is 16.9. The fourth-order valence-electron chi connectivity index (χ4n) is 2.77. The van der Waals surface area contributed by atoms with Crippen molar-refractivity contribution in [3.8, 4) is 0 Å². The van der Waals surface area contributed by atoms with Crippen LogP contribution in [0.1, 0.15) is 28.4 Å². The number of amides is 1. The molecule has 0 fully saturated rings. The Morgan fingerprint density at radius 3 is 2.60 bits per heavy atom. The number of carbonyl (C=O) groups excluding carboxylic acids is 1. The third-order valence-corrected chi connectivity index (χ3v) is 4.06. The van der Waals surface area contributed by atoms with Gasteiger partial charge in [0.25, 0.3) is 0 Å². The van der Waals surface area contributed by atoms with Crippen molar-refractivity contribution >= 4 is 5.91 Å². The molecule has 0 aliphatic heterocycles. The molecule has 0 aliphatic rings. The standard InChI is InChI=1S/C20H22N4O/c1-15-6-8-16(9-7-15)11-19(18-5-3-4-10-21-18)23-20(25)12-17-13-22-24(2)14-17/h3-10,13-14,19H,11-12H2,1-2H3,(H,23,25)/t19-/m1/s1. The molecule has 3 aromatic rings. The van der Waals surface area contributed by atoms with Crippen molar-refractivity contribution in [3.05, 3.63) is 83.4 Å². The van der Waals surface area contributed by atoms with Gasteiger partial charge >= 0.3 is 0 Å². The third-order valence-electron chi connectivity index (χ3n) is 4.06. The topological polar surface area (TPSA) is 59.8 Å². The molecule has 5 heteroatoms. The van der Waals surface area contributed by atoms with Crippen molar-refractivity contribution in [2.45, 2.75) is 25.8 Å². The second kappa shape index (κ2) is 7.75. The van der Waals surface area contributed by atoms with Gasteiger partial charge in [-0.2, -0.15) is 5.10 Å². The zero-order chi connectivity index (χ0) is 17.6. The highest BCUT2D eigenvalue weighted by atomic mass is 16.1. The summed E-state index contributed by atoms with van der Waals surface area (Å²) in [5.74, 6) is -0.0317. The number of hydrogen-bond acceptors (Lipinski definition) is 3. The summed E-state index contributed by atoms with van der Waals surface area (Å²) in [4.78, 5) is 16.9. The predicted molar refractivity (Wildman–Crippen MR) is 96.9 cm³/mol. The predicted octanol–water partition coefficient (Wildman–Crippen LogP) is 2.77. The Labute approximate surface area is 147 Å². The summed E-state index contributed by atoms with van der Waals surface area (Å²) in [6.07, 6.45) is 6.34. The lowest BCUT2D eigenvalue weighted by Gasteiger charge is -2.18. The van der Waals surface area contributed by atoms with Gasteiger partial charge in [-0.05, 0) is 36.6 Å². The van der Waals surface area contributed by atoms with Crippen LogP contribution in [0.5, 0.6) is 0 Å². The van der Waals surface area contributed by atoms with E-state index in [-0.39, 0.29) is 11.9 Å². The molecule has 0 aliphatic carbocycles. The molecular formula is C20H22N4O. The van der Waals surface area contributed by atoms with E-state index in [9.17, 15) is 4.79 Å². The van der Waals surface area contributed by atoms with Gasteiger partial charge < -0.3 is 5.32 Å². The maximum absolute atomic E-state index is 12.5. The van der Waals surface area contributed by atoms with Gasteiger partial charge in [0, 0.05) is 19.4 Å². The Morgan fingerprint density at radius 2 is 1.96 bits per heavy atom. The van der Waals surface area contributed by atoms with Crippen LogP contribution < -0.4 is 5.32 Å². The van der Waals surface area contributed by atoms with Crippen molar-refractivity contribution in [3.63, 3.8) is 0 Å². The van der Waals surface area contributed by atoms with Crippen molar-refractivity contribution < 1.29 is 4.79 Å². The number of aromatic nitrogens is 3. The van der Waals surface area contributed by atoms with Crippen LogP contribution in [0.25, 0.3) is 0 Å². The van der Waals surface area contributed by atoms with E-state index in [1.807, 2.05) is 31.4 Å². The van der Waals surface area contributed by atoms with E-state index < -0.39 is 0 Å². The van der Waals surface area contributed by atoms with Crippen LogP contribution in [-0.2, 0) is 24.7 Å². The molecule has 5 nitrogen and oxygen atoms in total. The first-order valence-electron chi connectivity index (χ1n) is 8.33. The van der Waals surface area contributed by atoms with Crippen LogP contribution in [0.3, 0.4) is 0 Å². The van der Waals surface area contributed by atoms with E-state index in [1.54, 1.807) is 17.1 Å². The van der Waals surface area contributed by atoms with Crippen molar-refractivity contribution in [1.82, 2.24) is 20.1 Å². The number of pyridine rings is 1. The van der Waals surface area contributed by atoms with E-state index in [2.05, 4.69) is 46.6 Å². The number of benzene rings is 1. The molecule has 1 amide bonds. The lowest BCUT2D eigenvalue weighted by atomic mass is 10.0. The molecule has 1 N–H and O–H groups in total. The number of hydrogen-bond donors (Lipinski definition) is 1. The Balaban J connectivity index is 1.74. The molecule has 0 spiro atoms. The number of nitrogens with one attached hydrogen (secondary N) is 1. The summed E-state index contributed by atoms with van der Waals surface area (Å²) < 4.78 is 1.70. The molecule has 3 rings (SSSR count). The minimum absolute atomic E-state index is 0.0317. The lowest BCUT2D eigenvalue weighted by molar-refractivity contribution is -0.121. The van der Waals surface area contributed by atoms with Gasteiger partial charge in [0.15, 0.2) is 0 Å². The molecule has 0 radical (unpaired) electrons. The second-order valence-corrected chi connectivity index (χ2v) is 6.26. The third kappa shape index (κ3) is 4.76. The van der Waals surface area contributed by atoms with Crippen molar-refractivity contribution in [2.24, 2.45) is 7.05 Å². The molecular weight excluding hydrogens is 312 g/mol. The molecule has 0 bridgehead atoms. The van der Waals surface area contributed by atoms with Crippen LogP contribution in [0.4, 0.5) is 0 Å². The fourth-order valence-corrected chi connectivity index (χ4v) is 2.77. The highest BCUT2D eigenvalue weighted by Gasteiger charge is 2.17. The number of nitrogens with zero attached hydrogens (tertiary/aromatic N) is 3. The van der Waals surface area contributed by atoms with Gasteiger partial charge in [-0.25, -0.2) is 0 Å². The van der Waals surface area contributed by atoms with E-state index in [4.69, 9.17) is 0 Å². The van der Waals surface area contributed by atoms with Gasteiger partial charge in [0.05, 0.1) is 24.4 Å². The first-order valence-corrected chi connectivity index (χ1v) is 8.33.